The molecule has 0 radical (unpaired) electrons. The Morgan fingerprint density at radius 2 is 2.06 bits per heavy atom. The number of carbonyl (C=O) groups is 1. The van der Waals surface area contributed by atoms with Gasteiger partial charge in [0.2, 0.25) is 0 Å². The van der Waals surface area contributed by atoms with Gasteiger partial charge in [0.15, 0.2) is 11.6 Å². The fourth-order valence-corrected chi connectivity index (χ4v) is 4.40. The first kappa shape index (κ1) is 20.4. The van der Waals surface area contributed by atoms with Crippen LogP contribution in [0.2, 0.25) is 0 Å². The van der Waals surface area contributed by atoms with Gasteiger partial charge in [-0.3, -0.25) is 0 Å². The van der Waals surface area contributed by atoms with E-state index in [9.17, 15) is 4.79 Å². The van der Waals surface area contributed by atoms with Gasteiger partial charge < -0.3 is 25.4 Å². The average molecular weight is 437 g/mol. The molecule has 1 fully saturated rings. The second-order valence-corrected chi connectivity index (χ2v) is 8.65. The lowest BCUT2D eigenvalue weighted by Crippen LogP contribution is -2.45. The van der Waals surface area contributed by atoms with E-state index in [2.05, 4.69) is 40.0 Å². The van der Waals surface area contributed by atoms with E-state index >= 15 is 0 Å². The monoisotopic (exact) mass is 436 g/mol. The van der Waals surface area contributed by atoms with Crippen LogP contribution in [0.25, 0.3) is 28.1 Å². The van der Waals surface area contributed by atoms with Crippen LogP contribution in [0.4, 0.5) is 10.6 Å². The second-order valence-electron chi connectivity index (χ2n) is 8.65. The van der Waals surface area contributed by atoms with Crippen LogP contribution in [0.3, 0.4) is 0 Å². The summed E-state index contributed by atoms with van der Waals surface area (Å²) in [6, 6.07) is 8.38. The lowest BCUT2D eigenvalue weighted by atomic mass is 10.1. The minimum atomic E-state index is 0. The number of nitrogens with one attached hydrogen (secondary N) is 1. The predicted octanol–water partition coefficient (Wildman–Crippen LogP) is 2.94. The molecule has 1 atom stereocenters. The number of rotatable bonds is 3. The molecule has 2 aliphatic heterocycles. The molecule has 3 aromatic rings. The maximum absolute atomic E-state index is 12.9. The second kappa shape index (κ2) is 8.23. The normalized spacial score (nSPS) is 19.1. The third-order valence-corrected chi connectivity index (χ3v) is 6.39. The summed E-state index contributed by atoms with van der Waals surface area (Å²) < 4.78 is 0. The Balaban J connectivity index is 0.00000162. The Morgan fingerprint density at radius 3 is 2.78 bits per heavy atom. The molecule has 2 amide bonds. The van der Waals surface area contributed by atoms with E-state index in [1.807, 2.05) is 34.1 Å². The zero-order valence-electron chi connectivity index (χ0n) is 18.5. The van der Waals surface area contributed by atoms with E-state index in [1.165, 1.54) is 0 Å². The summed E-state index contributed by atoms with van der Waals surface area (Å²) in [5.41, 5.74) is 10.3. The van der Waals surface area contributed by atoms with Crippen molar-refractivity contribution in [3.8, 4) is 11.5 Å². The SMILES string of the molecule is CN(C)[C@@H]1CCN(C(=O)N2CC=C(c3cnc(N)c(-c4nc5ccccc5[nH]4)n3)CC2)C1.[HH].[HH]. The standard InChI is InChI=1S/C23H28N8O.2H2/c1-29(2)16-9-12-31(14-16)23(32)30-10-7-15(8-11-30)19-13-25-21(24)20(26-19)22-27-17-5-3-4-6-18(17)28-22;;/h3-7,13,16H,8-12,14H2,1-2H3,(H2,24,25)(H,27,28);2*1H/t16-;;/m1../s1. The number of aromatic nitrogens is 4. The number of nitrogens with zero attached hydrogens (tertiary/aromatic N) is 6. The molecule has 9 nitrogen and oxygen atoms in total. The highest BCUT2D eigenvalue weighted by atomic mass is 16.2. The van der Waals surface area contributed by atoms with Gasteiger partial charge >= 0.3 is 6.03 Å². The number of nitrogen functional groups attached to an aromatic ring is 1. The van der Waals surface area contributed by atoms with Crippen LogP contribution >= 0.6 is 0 Å². The average Bonchev–Trinajstić information content (AvgIpc) is 3.47. The van der Waals surface area contributed by atoms with E-state index in [4.69, 9.17) is 10.7 Å². The van der Waals surface area contributed by atoms with Gasteiger partial charge in [0.05, 0.1) is 22.9 Å². The Bertz CT molecular complexity index is 1160. The lowest BCUT2D eigenvalue weighted by Gasteiger charge is -2.31. The van der Waals surface area contributed by atoms with Gasteiger partial charge in [-0.2, -0.15) is 0 Å². The number of H-pyrrole nitrogens is 1. The predicted molar refractivity (Wildman–Crippen MR) is 129 cm³/mol. The summed E-state index contributed by atoms with van der Waals surface area (Å²) in [6.07, 6.45) is 5.53. The molecule has 0 bridgehead atoms. The van der Waals surface area contributed by atoms with Gasteiger partial charge in [-0.15, -0.1) is 0 Å². The highest BCUT2D eigenvalue weighted by Crippen LogP contribution is 2.27. The van der Waals surface area contributed by atoms with Crippen molar-refractivity contribution in [1.29, 1.82) is 0 Å². The zero-order valence-corrected chi connectivity index (χ0v) is 18.5. The first-order valence-electron chi connectivity index (χ1n) is 11.0. The van der Waals surface area contributed by atoms with Crippen LogP contribution in [-0.4, -0.2) is 87.0 Å². The minimum absolute atomic E-state index is 0. The minimum Gasteiger partial charge on any atom is -0.382 e. The molecular weight excluding hydrogens is 404 g/mol. The fourth-order valence-electron chi connectivity index (χ4n) is 4.40. The van der Waals surface area contributed by atoms with E-state index < -0.39 is 0 Å². The summed E-state index contributed by atoms with van der Waals surface area (Å²) in [7, 11) is 4.14. The Kier molecular flexibility index (Phi) is 5.26. The number of nitrogens with two attached hydrogens (primary N) is 1. The molecule has 5 rings (SSSR count). The zero-order chi connectivity index (χ0) is 22.2. The third kappa shape index (κ3) is 3.80. The molecule has 3 N–H and O–H groups in total. The number of likely N-dealkylation sites (tertiary alicyclic amines) is 1. The van der Waals surface area contributed by atoms with Crippen molar-refractivity contribution in [2.24, 2.45) is 0 Å². The summed E-state index contributed by atoms with van der Waals surface area (Å²) >= 11 is 0. The maximum Gasteiger partial charge on any atom is 0.320 e. The molecular formula is C23H32N8O. The van der Waals surface area contributed by atoms with Crippen LogP contribution < -0.4 is 5.73 Å². The van der Waals surface area contributed by atoms with Crippen molar-refractivity contribution < 1.29 is 7.65 Å². The largest absolute Gasteiger partial charge is 0.382 e. The number of benzene rings is 1. The van der Waals surface area contributed by atoms with Crippen LogP contribution in [0, 0.1) is 0 Å². The third-order valence-electron chi connectivity index (χ3n) is 6.39. The van der Waals surface area contributed by atoms with Gasteiger partial charge in [0, 0.05) is 35.1 Å². The van der Waals surface area contributed by atoms with E-state index in [0.29, 0.717) is 36.5 Å². The number of imidazole rings is 1. The van der Waals surface area contributed by atoms with Gasteiger partial charge in [-0.05, 0) is 44.6 Å². The van der Waals surface area contributed by atoms with Crippen LogP contribution in [0.15, 0.2) is 36.5 Å². The molecule has 1 aromatic carbocycles. The fraction of sp³-hybridized carbons (Fsp3) is 0.391. The van der Waals surface area contributed by atoms with Gasteiger partial charge in [0.25, 0.3) is 0 Å². The highest BCUT2D eigenvalue weighted by Gasteiger charge is 2.31. The van der Waals surface area contributed by atoms with Crippen LogP contribution in [0.5, 0.6) is 0 Å². The number of amides is 2. The van der Waals surface area contributed by atoms with E-state index in [-0.39, 0.29) is 8.88 Å². The number of urea groups is 1. The molecule has 0 saturated carbocycles. The van der Waals surface area contributed by atoms with Crippen molar-refractivity contribution in [2.45, 2.75) is 18.9 Å². The van der Waals surface area contributed by atoms with Crippen LogP contribution in [-0.2, 0) is 0 Å². The molecule has 2 aromatic heterocycles. The van der Waals surface area contributed by atoms with Crippen LogP contribution in [0.1, 0.15) is 21.4 Å². The number of likely N-dealkylation sites (N-methyl/N-ethyl adjacent to an activating group) is 1. The summed E-state index contributed by atoms with van der Waals surface area (Å²) in [5.74, 6) is 0.946. The smallest absolute Gasteiger partial charge is 0.320 e. The number of para-hydroxylation sites is 2. The number of fused-ring (bicyclic) bond motifs is 1. The molecule has 0 aliphatic carbocycles. The lowest BCUT2D eigenvalue weighted by molar-refractivity contribution is 0.163. The number of aromatic amines is 1. The summed E-state index contributed by atoms with van der Waals surface area (Å²) in [6.45, 7) is 2.85. The maximum atomic E-state index is 12.9. The Morgan fingerprint density at radius 1 is 1.22 bits per heavy atom. The first-order chi connectivity index (χ1) is 15.5. The van der Waals surface area contributed by atoms with E-state index in [0.717, 1.165) is 48.2 Å². The number of carbonyl (C=O) groups excluding carboxylic acids is 1. The number of hydrogen-bond donors (Lipinski definition) is 2. The quantitative estimate of drug-likeness (QED) is 0.654. The molecule has 0 spiro atoms. The van der Waals surface area contributed by atoms with Gasteiger partial charge in [-0.25, -0.2) is 19.7 Å². The Labute approximate surface area is 189 Å². The molecule has 1 saturated heterocycles. The summed E-state index contributed by atoms with van der Waals surface area (Å²) in [4.78, 5) is 36.0. The molecule has 32 heavy (non-hydrogen) atoms. The first-order valence-corrected chi connectivity index (χ1v) is 11.0. The Hall–Kier alpha value is -3.46. The van der Waals surface area contributed by atoms with Crippen molar-refractivity contribution >= 4 is 28.5 Å². The molecule has 0 unspecified atom stereocenters. The highest BCUT2D eigenvalue weighted by molar-refractivity contribution is 5.81. The van der Waals surface area contributed by atoms with Crippen molar-refractivity contribution in [1.82, 2.24) is 34.6 Å². The summed E-state index contributed by atoms with van der Waals surface area (Å²) in [5, 5.41) is 0. The molecule has 170 valence electrons. The van der Waals surface area contributed by atoms with Crippen molar-refractivity contribution in [3.05, 3.63) is 42.2 Å². The number of hydrogen-bond acceptors (Lipinski definition) is 6. The van der Waals surface area contributed by atoms with E-state index in [1.54, 1.807) is 6.20 Å². The molecule has 4 heterocycles. The molecule has 9 heteroatoms. The van der Waals surface area contributed by atoms with Gasteiger partial charge in [-0.1, -0.05) is 18.2 Å². The topological polar surface area (TPSA) is 107 Å². The van der Waals surface area contributed by atoms with Gasteiger partial charge in [0.1, 0.15) is 5.69 Å². The number of anilines is 1. The molecule has 2 aliphatic rings. The van der Waals surface area contributed by atoms with Crippen molar-refractivity contribution in [2.75, 3.05) is 46.0 Å². The van der Waals surface area contributed by atoms with Crippen molar-refractivity contribution in [3.63, 3.8) is 0 Å².